The third-order valence-corrected chi connectivity index (χ3v) is 2.23. The highest BCUT2D eigenvalue weighted by Gasteiger charge is 2.15. The summed E-state index contributed by atoms with van der Waals surface area (Å²) in [6.07, 6.45) is 0. The molecule has 1 saturated heterocycles. The minimum absolute atomic E-state index is 0.0249. The van der Waals surface area contributed by atoms with Crippen molar-refractivity contribution in [2.45, 2.75) is 6.92 Å². The number of rotatable bonds is 3. The van der Waals surface area contributed by atoms with Gasteiger partial charge in [-0.3, -0.25) is 4.79 Å². The number of nitrogens with one attached hydrogen (secondary N) is 1. The molecule has 1 heterocycles. The van der Waals surface area contributed by atoms with Gasteiger partial charge in [0, 0.05) is 38.6 Å². The van der Waals surface area contributed by atoms with E-state index in [1.807, 2.05) is 6.92 Å². The van der Waals surface area contributed by atoms with E-state index in [9.17, 15) is 4.79 Å². The number of carbonyl (C=O) groups excluding carboxylic acids is 1. The summed E-state index contributed by atoms with van der Waals surface area (Å²) in [4.78, 5) is 13.0. The summed E-state index contributed by atoms with van der Waals surface area (Å²) in [5.41, 5.74) is 5.17. The number of piperazine rings is 1. The Labute approximate surface area is 73.1 Å². The van der Waals surface area contributed by atoms with E-state index in [4.69, 9.17) is 5.73 Å². The van der Waals surface area contributed by atoms with Crippen molar-refractivity contribution in [2.24, 2.45) is 11.7 Å². The number of carbonyl (C=O) groups is 1. The zero-order valence-electron chi connectivity index (χ0n) is 7.55. The van der Waals surface area contributed by atoms with Crippen molar-refractivity contribution < 1.29 is 4.79 Å². The van der Waals surface area contributed by atoms with Gasteiger partial charge in [0.15, 0.2) is 0 Å². The van der Waals surface area contributed by atoms with Crippen LogP contribution in [0.2, 0.25) is 0 Å². The Morgan fingerprint density at radius 3 is 2.67 bits per heavy atom. The van der Waals surface area contributed by atoms with E-state index in [2.05, 4.69) is 10.2 Å². The zero-order chi connectivity index (χ0) is 8.97. The maximum Gasteiger partial charge on any atom is 0.221 e. The maximum absolute atomic E-state index is 10.8. The van der Waals surface area contributed by atoms with Crippen LogP contribution in [0, 0.1) is 5.92 Å². The smallest absolute Gasteiger partial charge is 0.221 e. The minimum Gasteiger partial charge on any atom is -0.369 e. The van der Waals surface area contributed by atoms with Crippen molar-refractivity contribution in [1.29, 1.82) is 0 Å². The largest absolute Gasteiger partial charge is 0.369 e. The number of amides is 1. The van der Waals surface area contributed by atoms with E-state index in [1.54, 1.807) is 0 Å². The van der Waals surface area contributed by atoms with Crippen molar-refractivity contribution >= 4 is 5.91 Å². The molecule has 4 heteroatoms. The Balaban J connectivity index is 2.24. The first-order chi connectivity index (χ1) is 5.70. The number of nitrogens with zero attached hydrogens (tertiary/aromatic N) is 1. The van der Waals surface area contributed by atoms with Gasteiger partial charge in [-0.1, -0.05) is 6.92 Å². The molecule has 0 spiro atoms. The summed E-state index contributed by atoms with van der Waals surface area (Å²) in [7, 11) is 0. The van der Waals surface area contributed by atoms with Crippen LogP contribution in [0.15, 0.2) is 0 Å². The summed E-state index contributed by atoms with van der Waals surface area (Å²) in [5, 5.41) is 3.26. The van der Waals surface area contributed by atoms with Crippen LogP contribution in [-0.4, -0.2) is 43.5 Å². The van der Waals surface area contributed by atoms with Gasteiger partial charge in [0.2, 0.25) is 5.91 Å². The van der Waals surface area contributed by atoms with Crippen molar-refractivity contribution in [1.82, 2.24) is 10.2 Å². The van der Waals surface area contributed by atoms with Crippen LogP contribution in [0.4, 0.5) is 0 Å². The van der Waals surface area contributed by atoms with E-state index >= 15 is 0 Å². The minimum atomic E-state index is -0.200. The average molecular weight is 171 g/mol. The lowest BCUT2D eigenvalue weighted by Crippen LogP contribution is -2.46. The van der Waals surface area contributed by atoms with Gasteiger partial charge in [0.05, 0.1) is 0 Å². The summed E-state index contributed by atoms with van der Waals surface area (Å²) in [5.74, 6) is -0.225. The highest BCUT2D eigenvalue weighted by molar-refractivity contribution is 5.76. The van der Waals surface area contributed by atoms with Gasteiger partial charge in [-0.25, -0.2) is 0 Å². The van der Waals surface area contributed by atoms with Crippen LogP contribution >= 0.6 is 0 Å². The lowest BCUT2D eigenvalue weighted by atomic mass is 10.1. The molecule has 0 aromatic heterocycles. The second-order valence-corrected chi connectivity index (χ2v) is 3.35. The van der Waals surface area contributed by atoms with E-state index in [0.717, 1.165) is 32.7 Å². The lowest BCUT2D eigenvalue weighted by Gasteiger charge is -2.28. The van der Waals surface area contributed by atoms with Gasteiger partial charge in [0.1, 0.15) is 0 Å². The molecule has 0 aliphatic carbocycles. The Bertz CT molecular complexity index is 154. The fourth-order valence-electron chi connectivity index (χ4n) is 1.37. The number of hydrogen-bond donors (Lipinski definition) is 2. The lowest BCUT2D eigenvalue weighted by molar-refractivity contribution is -0.121. The predicted molar refractivity (Wildman–Crippen MR) is 47.7 cm³/mol. The van der Waals surface area contributed by atoms with E-state index in [1.165, 1.54) is 0 Å². The van der Waals surface area contributed by atoms with Crippen LogP contribution in [0.1, 0.15) is 6.92 Å². The zero-order valence-corrected chi connectivity index (χ0v) is 7.55. The monoisotopic (exact) mass is 171 g/mol. The van der Waals surface area contributed by atoms with E-state index in [-0.39, 0.29) is 11.8 Å². The van der Waals surface area contributed by atoms with Gasteiger partial charge in [-0.15, -0.1) is 0 Å². The molecule has 12 heavy (non-hydrogen) atoms. The fourth-order valence-corrected chi connectivity index (χ4v) is 1.37. The van der Waals surface area contributed by atoms with Gasteiger partial charge < -0.3 is 16.0 Å². The van der Waals surface area contributed by atoms with Gasteiger partial charge in [-0.2, -0.15) is 0 Å². The highest BCUT2D eigenvalue weighted by Crippen LogP contribution is 1.99. The molecule has 1 unspecified atom stereocenters. The quantitative estimate of drug-likeness (QED) is 0.573. The first-order valence-electron chi connectivity index (χ1n) is 4.42. The van der Waals surface area contributed by atoms with Crippen molar-refractivity contribution in [3.8, 4) is 0 Å². The molecule has 0 saturated carbocycles. The van der Waals surface area contributed by atoms with E-state index in [0.29, 0.717) is 0 Å². The first kappa shape index (κ1) is 9.48. The summed E-state index contributed by atoms with van der Waals surface area (Å²) in [6.45, 7) is 6.77. The highest BCUT2D eigenvalue weighted by atomic mass is 16.1. The molecule has 0 bridgehead atoms. The van der Waals surface area contributed by atoms with Crippen LogP contribution in [0.3, 0.4) is 0 Å². The summed E-state index contributed by atoms with van der Waals surface area (Å²) >= 11 is 0. The molecule has 3 N–H and O–H groups in total. The second-order valence-electron chi connectivity index (χ2n) is 3.35. The molecule has 0 radical (unpaired) electrons. The molecule has 1 rings (SSSR count). The second kappa shape index (κ2) is 4.42. The average Bonchev–Trinajstić information content (AvgIpc) is 2.06. The van der Waals surface area contributed by atoms with Crippen LogP contribution in [-0.2, 0) is 4.79 Å². The Morgan fingerprint density at radius 2 is 2.17 bits per heavy atom. The molecule has 1 amide bonds. The van der Waals surface area contributed by atoms with Crippen LogP contribution in [0.5, 0.6) is 0 Å². The number of primary amides is 1. The Morgan fingerprint density at radius 1 is 1.58 bits per heavy atom. The topological polar surface area (TPSA) is 58.4 Å². The van der Waals surface area contributed by atoms with Crippen LogP contribution < -0.4 is 11.1 Å². The standard InChI is InChI=1S/C8H17N3O/c1-7(8(9)12)6-11-4-2-10-3-5-11/h7,10H,2-6H2,1H3,(H2,9,12). The van der Waals surface area contributed by atoms with E-state index < -0.39 is 0 Å². The fraction of sp³-hybridized carbons (Fsp3) is 0.875. The third kappa shape index (κ3) is 2.79. The molecule has 0 aromatic carbocycles. The molecule has 1 aliphatic heterocycles. The summed E-state index contributed by atoms with van der Waals surface area (Å²) in [6, 6.07) is 0. The molecule has 0 aromatic rings. The van der Waals surface area contributed by atoms with Crippen LogP contribution in [0.25, 0.3) is 0 Å². The summed E-state index contributed by atoms with van der Waals surface area (Å²) < 4.78 is 0. The molecular weight excluding hydrogens is 154 g/mol. The van der Waals surface area contributed by atoms with Gasteiger partial charge >= 0.3 is 0 Å². The van der Waals surface area contributed by atoms with Gasteiger partial charge in [-0.05, 0) is 0 Å². The van der Waals surface area contributed by atoms with Gasteiger partial charge in [0.25, 0.3) is 0 Å². The Kier molecular flexibility index (Phi) is 3.49. The normalized spacial score (nSPS) is 22.1. The first-order valence-corrected chi connectivity index (χ1v) is 4.42. The Hall–Kier alpha value is -0.610. The van der Waals surface area contributed by atoms with Crippen molar-refractivity contribution in [3.05, 3.63) is 0 Å². The molecule has 1 atom stereocenters. The predicted octanol–water partition coefficient (Wildman–Crippen LogP) is -0.987. The molecule has 1 fully saturated rings. The SMILES string of the molecule is CC(CN1CCNCC1)C(N)=O. The van der Waals surface area contributed by atoms with Crippen molar-refractivity contribution in [2.75, 3.05) is 32.7 Å². The molecule has 4 nitrogen and oxygen atoms in total. The third-order valence-electron chi connectivity index (χ3n) is 2.23. The maximum atomic E-state index is 10.8. The molecule has 70 valence electrons. The number of nitrogens with two attached hydrogens (primary N) is 1. The number of hydrogen-bond acceptors (Lipinski definition) is 3. The van der Waals surface area contributed by atoms with Crippen molar-refractivity contribution in [3.63, 3.8) is 0 Å². The molecular formula is C8H17N3O. The molecule has 1 aliphatic rings.